The molecule has 62 heavy (non-hydrogen) atoms. The summed E-state index contributed by atoms with van der Waals surface area (Å²) < 4.78 is 16.8. The van der Waals surface area contributed by atoms with E-state index in [-0.39, 0.29) is 31.1 Å². The Bertz CT molecular complexity index is 935. The minimum absolute atomic E-state index is 0.0622. The molecule has 0 spiro atoms. The maximum Gasteiger partial charge on any atom is 0.306 e. The van der Waals surface area contributed by atoms with Gasteiger partial charge in [0.15, 0.2) is 6.10 Å². The van der Waals surface area contributed by atoms with E-state index < -0.39 is 6.10 Å². The van der Waals surface area contributed by atoms with E-state index in [1.165, 1.54) is 212 Å². The quantitative estimate of drug-likeness (QED) is 0.0344. The summed E-state index contributed by atoms with van der Waals surface area (Å²) >= 11 is 0. The highest BCUT2D eigenvalue weighted by Gasteiger charge is 2.19. The summed E-state index contributed by atoms with van der Waals surface area (Å²) in [6.45, 7) is 9.08. The van der Waals surface area contributed by atoms with Gasteiger partial charge in [-0.1, -0.05) is 278 Å². The Labute approximate surface area is 387 Å². The van der Waals surface area contributed by atoms with Gasteiger partial charge in [-0.3, -0.25) is 14.4 Å². The van der Waals surface area contributed by atoms with Crippen molar-refractivity contribution in [2.75, 3.05) is 13.2 Å². The van der Waals surface area contributed by atoms with Gasteiger partial charge in [0.2, 0.25) is 0 Å². The Kier molecular flexibility index (Phi) is 49.1. The monoisotopic (exact) mass is 877 g/mol. The summed E-state index contributed by atoms with van der Waals surface area (Å²) in [5.74, 6) is 0.0685. The van der Waals surface area contributed by atoms with E-state index in [1.54, 1.807) is 0 Å². The molecule has 0 radical (unpaired) electrons. The van der Waals surface area contributed by atoms with Gasteiger partial charge in [-0.15, -0.1) is 0 Å². The van der Waals surface area contributed by atoms with E-state index in [0.29, 0.717) is 19.3 Å². The fourth-order valence-electron chi connectivity index (χ4n) is 8.54. The normalized spacial score (nSPS) is 12.4. The molecule has 0 rings (SSSR count). The smallest absolute Gasteiger partial charge is 0.306 e. The van der Waals surface area contributed by atoms with Gasteiger partial charge in [0.1, 0.15) is 13.2 Å². The largest absolute Gasteiger partial charge is 0.462 e. The second-order valence-electron chi connectivity index (χ2n) is 19.5. The third kappa shape index (κ3) is 47.9. The Hall–Kier alpha value is -1.59. The lowest BCUT2D eigenvalue weighted by molar-refractivity contribution is -0.167. The van der Waals surface area contributed by atoms with Crippen molar-refractivity contribution in [3.8, 4) is 0 Å². The van der Waals surface area contributed by atoms with E-state index in [4.69, 9.17) is 14.2 Å². The number of esters is 3. The van der Waals surface area contributed by atoms with Crippen LogP contribution in [0.4, 0.5) is 0 Å². The van der Waals surface area contributed by atoms with Gasteiger partial charge in [0.25, 0.3) is 0 Å². The highest BCUT2D eigenvalue weighted by Crippen LogP contribution is 2.18. The van der Waals surface area contributed by atoms with Crippen LogP contribution in [0.25, 0.3) is 0 Å². The van der Waals surface area contributed by atoms with Gasteiger partial charge in [0, 0.05) is 19.3 Å². The first-order chi connectivity index (χ1) is 30.4. The van der Waals surface area contributed by atoms with Crippen LogP contribution in [0.3, 0.4) is 0 Å². The molecule has 0 saturated heterocycles. The Morgan fingerprint density at radius 3 is 0.839 bits per heavy atom. The van der Waals surface area contributed by atoms with E-state index in [1.807, 2.05) is 0 Å². The molecule has 1 unspecified atom stereocenters. The number of unbranched alkanes of at least 4 members (excludes halogenated alkanes) is 37. The third-order valence-electron chi connectivity index (χ3n) is 13.2. The molecule has 0 heterocycles. The van der Waals surface area contributed by atoms with Crippen LogP contribution in [-0.2, 0) is 28.6 Å². The molecule has 0 bridgehead atoms. The number of hydrogen-bond acceptors (Lipinski definition) is 6. The maximum atomic E-state index is 12.8. The number of rotatable bonds is 51. The van der Waals surface area contributed by atoms with Gasteiger partial charge < -0.3 is 14.2 Å². The van der Waals surface area contributed by atoms with Crippen molar-refractivity contribution in [2.24, 2.45) is 5.92 Å². The standard InChI is InChI=1S/C56H108O6/c1-5-8-10-12-14-16-18-28-33-37-41-45-49-56(59)62-53(50-60-54(57)47-43-39-35-31-17-15-13-11-9-6-2)51-61-55(58)48-44-40-36-32-29-26-24-22-20-19-21-23-25-27-30-34-38-42-46-52(4)7-3/h52-53H,5-51H2,1-4H3/t52?,53-/m0/s1. The Morgan fingerprint density at radius 1 is 0.323 bits per heavy atom. The topological polar surface area (TPSA) is 78.9 Å². The zero-order chi connectivity index (χ0) is 45.2. The molecule has 0 amide bonds. The van der Waals surface area contributed by atoms with Gasteiger partial charge in [-0.2, -0.15) is 0 Å². The van der Waals surface area contributed by atoms with Crippen LogP contribution in [-0.4, -0.2) is 37.2 Å². The predicted molar refractivity (Wildman–Crippen MR) is 266 cm³/mol. The van der Waals surface area contributed by atoms with E-state index in [0.717, 1.165) is 63.7 Å². The first kappa shape index (κ1) is 60.4. The average Bonchev–Trinajstić information content (AvgIpc) is 3.27. The van der Waals surface area contributed by atoms with Gasteiger partial charge in [-0.05, 0) is 25.2 Å². The molecule has 0 aliphatic heterocycles. The van der Waals surface area contributed by atoms with Crippen LogP contribution >= 0.6 is 0 Å². The Balaban J connectivity index is 4.17. The molecule has 0 aromatic rings. The molecule has 368 valence electrons. The predicted octanol–water partition coefficient (Wildman–Crippen LogP) is 18.2. The van der Waals surface area contributed by atoms with Crippen LogP contribution in [0.15, 0.2) is 0 Å². The summed E-state index contributed by atoms with van der Waals surface area (Å²) in [5.41, 5.74) is 0. The second kappa shape index (κ2) is 50.4. The van der Waals surface area contributed by atoms with Crippen LogP contribution in [0.5, 0.6) is 0 Å². The molecule has 0 aliphatic carbocycles. The maximum absolute atomic E-state index is 12.8. The average molecular weight is 877 g/mol. The molecule has 0 aromatic heterocycles. The third-order valence-corrected chi connectivity index (χ3v) is 13.2. The summed E-state index contributed by atoms with van der Waals surface area (Å²) in [5, 5.41) is 0. The lowest BCUT2D eigenvalue weighted by Gasteiger charge is -2.18. The summed E-state index contributed by atoms with van der Waals surface area (Å²) in [6, 6.07) is 0. The minimum atomic E-state index is -0.760. The van der Waals surface area contributed by atoms with Crippen molar-refractivity contribution in [2.45, 2.75) is 323 Å². The van der Waals surface area contributed by atoms with E-state index in [9.17, 15) is 14.4 Å². The highest BCUT2D eigenvalue weighted by molar-refractivity contribution is 5.71. The van der Waals surface area contributed by atoms with E-state index >= 15 is 0 Å². The van der Waals surface area contributed by atoms with Crippen molar-refractivity contribution in [1.82, 2.24) is 0 Å². The minimum Gasteiger partial charge on any atom is -0.462 e. The first-order valence-corrected chi connectivity index (χ1v) is 27.9. The lowest BCUT2D eigenvalue weighted by atomic mass is 9.99. The van der Waals surface area contributed by atoms with Crippen molar-refractivity contribution in [1.29, 1.82) is 0 Å². The summed E-state index contributed by atoms with van der Waals surface area (Å²) in [7, 11) is 0. The SMILES string of the molecule is CCCCCCCCCCCCCCC(=O)O[C@@H](COC(=O)CCCCCCCCCCCC)COC(=O)CCCCCCCCCCCCCCCCCCCCC(C)CC. The zero-order valence-electron chi connectivity index (χ0n) is 42.3. The fraction of sp³-hybridized carbons (Fsp3) is 0.946. The zero-order valence-corrected chi connectivity index (χ0v) is 42.3. The molecule has 6 heteroatoms. The summed E-state index contributed by atoms with van der Waals surface area (Å²) in [6.07, 6.45) is 53.8. The number of carbonyl (C=O) groups excluding carboxylic acids is 3. The van der Waals surface area contributed by atoms with Crippen LogP contribution in [0.1, 0.15) is 317 Å². The second-order valence-corrected chi connectivity index (χ2v) is 19.5. The molecule has 0 aromatic carbocycles. The Morgan fingerprint density at radius 2 is 0.565 bits per heavy atom. The van der Waals surface area contributed by atoms with Crippen molar-refractivity contribution in [3.05, 3.63) is 0 Å². The number of hydrogen-bond donors (Lipinski definition) is 0. The molecule has 6 nitrogen and oxygen atoms in total. The lowest BCUT2D eigenvalue weighted by Crippen LogP contribution is -2.30. The molecule has 2 atom stereocenters. The van der Waals surface area contributed by atoms with Crippen molar-refractivity contribution < 1.29 is 28.6 Å². The highest BCUT2D eigenvalue weighted by atomic mass is 16.6. The van der Waals surface area contributed by atoms with Crippen LogP contribution in [0, 0.1) is 5.92 Å². The van der Waals surface area contributed by atoms with Crippen molar-refractivity contribution >= 4 is 17.9 Å². The molecule has 0 fully saturated rings. The number of ether oxygens (including phenoxy) is 3. The summed E-state index contributed by atoms with van der Waals surface area (Å²) in [4.78, 5) is 37.9. The molecule has 0 saturated carbocycles. The van der Waals surface area contributed by atoms with Crippen LogP contribution in [0.2, 0.25) is 0 Å². The first-order valence-electron chi connectivity index (χ1n) is 27.9. The van der Waals surface area contributed by atoms with Crippen LogP contribution < -0.4 is 0 Å². The van der Waals surface area contributed by atoms with Gasteiger partial charge in [0.05, 0.1) is 0 Å². The molecular weight excluding hydrogens is 769 g/mol. The van der Waals surface area contributed by atoms with Gasteiger partial charge in [-0.25, -0.2) is 0 Å². The van der Waals surface area contributed by atoms with Gasteiger partial charge >= 0.3 is 17.9 Å². The van der Waals surface area contributed by atoms with Crippen molar-refractivity contribution in [3.63, 3.8) is 0 Å². The molecule has 0 N–H and O–H groups in total. The fourth-order valence-corrected chi connectivity index (χ4v) is 8.54. The number of carbonyl (C=O) groups is 3. The molecular formula is C56H108O6. The van der Waals surface area contributed by atoms with E-state index in [2.05, 4.69) is 27.7 Å². The molecule has 0 aliphatic rings.